The van der Waals surface area contributed by atoms with E-state index in [9.17, 15) is 14.4 Å². The van der Waals surface area contributed by atoms with Gasteiger partial charge >= 0.3 is 5.97 Å². The molecule has 2 N–H and O–H groups in total. The van der Waals surface area contributed by atoms with Crippen molar-refractivity contribution in [1.29, 1.82) is 0 Å². The van der Waals surface area contributed by atoms with E-state index in [-0.39, 0.29) is 17.4 Å². The Bertz CT molecular complexity index is 942. The highest BCUT2D eigenvalue weighted by atomic mass is 32.1. The van der Waals surface area contributed by atoms with E-state index < -0.39 is 17.9 Å². The van der Waals surface area contributed by atoms with Gasteiger partial charge in [0.05, 0.1) is 25.2 Å². The monoisotopic (exact) mass is 589 g/mol. The van der Waals surface area contributed by atoms with Gasteiger partial charge in [0.15, 0.2) is 5.11 Å². The van der Waals surface area contributed by atoms with E-state index in [1.54, 1.807) is 23.1 Å². The normalized spacial score (nSPS) is 14.8. The minimum absolute atomic E-state index is 0.107. The van der Waals surface area contributed by atoms with Gasteiger partial charge in [0.2, 0.25) is 5.91 Å². The average molecular weight is 590 g/mol. The van der Waals surface area contributed by atoms with E-state index in [0.29, 0.717) is 37.6 Å². The molecule has 1 fully saturated rings. The Hall–Kier alpha value is -2.68. The third kappa shape index (κ3) is 13.7. The van der Waals surface area contributed by atoms with Crippen LogP contribution in [0.1, 0.15) is 121 Å². The van der Waals surface area contributed by atoms with Crippen LogP contribution in [0.15, 0.2) is 24.3 Å². The van der Waals surface area contributed by atoms with Gasteiger partial charge in [0.25, 0.3) is 5.91 Å². The molecule has 230 valence electrons. The topological polar surface area (TPSA) is 97.0 Å². The predicted octanol–water partition coefficient (Wildman–Crippen LogP) is 6.32. The summed E-state index contributed by atoms with van der Waals surface area (Å²) >= 11 is 5.52. The molecule has 1 aromatic rings. The largest absolute Gasteiger partial charge is 0.493 e. The molecule has 2 amide bonds. The van der Waals surface area contributed by atoms with Crippen LogP contribution in [0.25, 0.3) is 0 Å². The average Bonchev–Trinajstić information content (AvgIpc) is 2.97. The maximum atomic E-state index is 13.1. The number of carbonyl (C=O) groups excluding carboxylic acids is 3. The van der Waals surface area contributed by atoms with Gasteiger partial charge in [-0.2, -0.15) is 0 Å². The molecule has 41 heavy (non-hydrogen) atoms. The summed E-state index contributed by atoms with van der Waals surface area (Å²) in [4.78, 5) is 39.9. The Morgan fingerprint density at radius 3 is 2.17 bits per heavy atom. The summed E-state index contributed by atoms with van der Waals surface area (Å²) in [6.07, 6.45) is 16.2. The zero-order valence-electron chi connectivity index (χ0n) is 25.2. The Labute approximate surface area is 252 Å². The molecule has 1 aliphatic rings. The molecular weight excluding hydrogens is 538 g/mol. The minimum atomic E-state index is -0.832. The number of para-hydroxylation sites is 1. The van der Waals surface area contributed by atoms with E-state index in [1.165, 1.54) is 44.9 Å². The molecule has 1 heterocycles. The highest BCUT2D eigenvalue weighted by Gasteiger charge is 2.34. The van der Waals surface area contributed by atoms with Crippen molar-refractivity contribution in [2.75, 3.05) is 26.3 Å². The number of nitrogens with zero attached hydrogens (tertiary/aromatic N) is 1. The summed E-state index contributed by atoms with van der Waals surface area (Å²) < 4.78 is 11.3. The summed E-state index contributed by atoms with van der Waals surface area (Å²) in [5, 5.41) is 5.63. The predicted molar refractivity (Wildman–Crippen MR) is 167 cm³/mol. The van der Waals surface area contributed by atoms with Crippen molar-refractivity contribution in [3.05, 3.63) is 29.8 Å². The van der Waals surface area contributed by atoms with Crippen LogP contribution in [-0.2, 0) is 14.3 Å². The fourth-order valence-electron chi connectivity index (χ4n) is 4.88. The molecule has 0 aromatic heterocycles. The van der Waals surface area contributed by atoms with Crippen LogP contribution in [0.2, 0.25) is 0 Å². The van der Waals surface area contributed by atoms with Crippen LogP contribution in [0.3, 0.4) is 0 Å². The second-order valence-electron chi connectivity index (χ2n) is 10.8. The van der Waals surface area contributed by atoms with Crippen molar-refractivity contribution in [3.63, 3.8) is 0 Å². The Balaban J connectivity index is 1.78. The van der Waals surface area contributed by atoms with Gasteiger partial charge in [-0.25, -0.2) is 0 Å². The molecule has 0 spiro atoms. The van der Waals surface area contributed by atoms with Crippen LogP contribution < -0.4 is 15.4 Å². The quantitative estimate of drug-likeness (QED) is 0.104. The summed E-state index contributed by atoms with van der Waals surface area (Å²) in [6.45, 7) is 6.02. The molecule has 2 rings (SSSR count). The van der Waals surface area contributed by atoms with Gasteiger partial charge in [-0.1, -0.05) is 103 Å². The SMILES string of the molecule is CCCCCCCCCCCCOC(=O)CC1C(=O)NCCN1C(=S)NC(=O)c1ccccc1OCCCCCC. The molecule has 1 aromatic carbocycles. The maximum Gasteiger partial charge on any atom is 0.308 e. The summed E-state index contributed by atoms with van der Waals surface area (Å²) in [6, 6.07) is 6.21. The number of thiocarbonyl (C=S) groups is 1. The second-order valence-corrected chi connectivity index (χ2v) is 11.2. The Kier molecular flexibility index (Phi) is 17.8. The molecule has 0 radical (unpaired) electrons. The van der Waals surface area contributed by atoms with E-state index in [2.05, 4.69) is 24.5 Å². The third-order valence-electron chi connectivity index (χ3n) is 7.32. The fourth-order valence-corrected chi connectivity index (χ4v) is 5.19. The summed E-state index contributed by atoms with van der Waals surface area (Å²) in [5.74, 6) is -0.663. The van der Waals surface area contributed by atoms with Crippen molar-refractivity contribution in [2.24, 2.45) is 0 Å². The van der Waals surface area contributed by atoms with Crippen molar-refractivity contribution < 1.29 is 23.9 Å². The summed E-state index contributed by atoms with van der Waals surface area (Å²) in [5.41, 5.74) is 0.374. The first-order valence-corrected chi connectivity index (χ1v) is 16.2. The lowest BCUT2D eigenvalue weighted by atomic mass is 10.1. The van der Waals surface area contributed by atoms with E-state index >= 15 is 0 Å². The number of piperazine rings is 1. The lowest BCUT2D eigenvalue weighted by Gasteiger charge is -2.36. The maximum absolute atomic E-state index is 13.1. The van der Waals surface area contributed by atoms with Gasteiger partial charge in [-0.05, 0) is 37.2 Å². The number of hydrogen-bond acceptors (Lipinski definition) is 6. The third-order valence-corrected chi connectivity index (χ3v) is 7.66. The van der Waals surface area contributed by atoms with Gasteiger partial charge in [-0.3, -0.25) is 19.7 Å². The standard InChI is InChI=1S/C32H51N3O5S/c1-3-5-7-9-10-11-12-13-14-18-24-40-29(36)25-27-31(38)33-21-22-35(27)32(41)34-30(37)26-19-15-16-20-28(26)39-23-17-8-6-4-2/h15-16,19-20,27H,3-14,17-18,21-25H2,1-2H3,(H,33,38)(H,34,37,41). The number of esters is 1. The fraction of sp³-hybridized carbons (Fsp3) is 0.688. The molecule has 1 aliphatic heterocycles. The molecule has 8 nitrogen and oxygen atoms in total. The number of carbonyl (C=O) groups is 3. The lowest BCUT2D eigenvalue weighted by molar-refractivity contribution is -0.147. The molecule has 1 saturated heterocycles. The first-order chi connectivity index (χ1) is 20.0. The first-order valence-electron chi connectivity index (χ1n) is 15.7. The van der Waals surface area contributed by atoms with Gasteiger partial charge in [0, 0.05) is 13.1 Å². The highest BCUT2D eigenvalue weighted by Crippen LogP contribution is 2.19. The molecular formula is C32H51N3O5S. The van der Waals surface area contributed by atoms with Crippen molar-refractivity contribution >= 4 is 35.1 Å². The van der Waals surface area contributed by atoms with Gasteiger partial charge < -0.3 is 19.7 Å². The van der Waals surface area contributed by atoms with Crippen molar-refractivity contribution in [2.45, 2.75) is 116 Å². The van der Waals surface area contributed by atoms with Crippen molar-refractivity contribution in [1.82, 2.24) is 15.5 Å². The van der Waals surface area contributed by atoms with Crippen LogP contribution in [0, 0.1) is 0 Å². The van der Waals surface area contributed by atoms with E-state index in [0.717, 1.165) is 44.9 Å². The number of ether oxygens (including phenoxy) is 2. The lowest BCUT2D eigenvalue weighted by Crippen LogP contribution is -2.60. The number of nitrogens with one attached hydrogen (secondary N) is 2. The minimum Gasteiger partial charge on any atom is -0.493 e. The van der Waals surface area contributed by atoms with Crippen LogP contribution in [0.4, 0.5) is 0 Å². The second kappa shape index (κ2) is 21.1. The molecule has 1 unspecified atom stereocenters. The zero-order chi connectivity index (χ0) is 29.7. The van der Waals surface area contributed by atoms with Crippen LogP contribution in [-0.4, -0.2) is 60.1 Å². The van der Waals surface area contributed by atoms with Gasteiger partial charge in [0.1, 0.15) is 11.8 Å². The number of unbranched alkanes of at least 4 members (excludes halogenated alkanes) is 12. The molecule has 1 atom stereocenters. The van der Waals surface area contributed by atoms with E-state index in [4.69, 9.17) is 21.7 Å². The smallest absolute Gasteiger partial charge is 0.308 e. The molecule has 0 saturated carbocycles. The van der Waals surface area contributed by atoms with Gasteiger partial charge in [-0.15, -0.1) is 0 Å². The number of benzene rings is 1. The van der Waals surface area contributed by atoms with Crippen molar-refractivity contribution in [3.8, 4) is 5.75 Å². The molecule has 0 bridgehead atoms. The van der Waals surface area contributed by atoms with E-state index in [1.807, 2.05) is 6.07 Å². The number of amides is 2. The van der Waals surface area contributed by atoms with Crippen LogP contribution >= 0.6 is 12.2 Å². The Morgan fingerprint density at radius 1 is 0.902 bits per heavy atom. The number of rotatable bonds is 20. The summed E-state index contributed by atoms with van der Waals surface area (Å²) in [7, 11) is 0. The highest BCUT2D eigenvalue weighted by molar-refractivity contribution is 7.80. The first kappa shape index (κ1) is 34.5. The Morgan fingerprint density at radius 2 is 1.49 bits per heavy atom. The molecule has 9 heteroatoms. The zero-order valence-corrected chi connectivity index (χ0v) is 26.0. The van der Waals surface area contributed by atoms with Crippen LogP contribution in [0.5, 0.6) is 5.75 Å². The number of hydrogen-bond donors (Lipinski definition) is 2. The molecule has 0 aliphatic carbocycles.